The van der Waals surface area contributed by atoms with E-state index < -0.39 is 0 Å². The van der Waals surface area contributed by atoms with Crippen LogP contribution in [0.15, 0.2) is 24.3 Å². The van der Waals surface area contributed by atoms with Crippen LogP contribution in [0.3, 0.4) is 0 Å². The van der Waals surface area contributed by atoms with E-state index in [0.29, 0.717) is 10.8 Å². The lowest BCUT2D eigenvalue weighted by atomic mass is 10.1. The average Bonchev–Trinajstić information content (AvgIpc) is 2.59. The molecule has 1 heterocycles. The highest BCUT2D eigenvalue weighted by molar-refractivity contribution is 6.30. The van der Waals surface area contributed by atoms with E-state index in [0.717, 1.165) is 23.2 Å². The van der Waals surface area contributed by atoms with Crippen molar-refractivity contribution in [1.29, 1.82) is 0 Å². The number of nitrogen functional groups attached to an aromatic ring is 1. The van der Waals surface area contributed by atoms with Gasteiger partial charge in [0.25, 0.3) is 0 Å². The van der Waals surface area contributed by atoms with Crippen LogP contribution in [0.25, 0.3) is 11.3 Å². The molecule has 0 unspecified atom stereocenters. The first-order chi connectivity index (χ1) is 7.22. The Morgan fingerprint density at radius 2 is 2.27 bits per heavy atom. The maximum absolute atomic E-state index is 5.93. The monoisotopic (exact) mass is 221 g/mol. The van der Waals surface area contributed by atoms with Crippen LogP contribution in [0.5, 0.6) is 0 Å². The molecule has 4 heteroatoms. The van der Waals surface area contributed by atoms with Crippen LogP contribution in [0, 0.1) is 0 Å². The molecule has 0 radical (unpaired) electrons. The lowest BCUT2D eigenvalue weighted by Gasteiger charge is -2.01. The average molecular weight is 222 g/mol. The molecular weight excluding hydrogens is 210 g/mol. The Morgan fingerprint density at radius 3 is 2.93 bits per heavy atom. The van der Waals surface area contributed by atoms with Crippen LogP contribution in [0.2, 0.25) is 5.02 Å². The van der Waals surface area contributed by atoms with Gasteiger partial charge in [-0.1, -0.05) is 30.7 Å². The topological polar surface area (TPSA) is 54.7 Å². The molecule has 1 aromatic carbocycles. The Balaban J connectivity index is 2.54. The summed E-state index contributed by atoms with van der Waals surface area (Å²) < 4.78 is 0. The van der Waals surface area contributed by atoms with Crippen molar-refractivity contribution in [2.75, 3.05) is 5.73 Å². The fourth-order valence-corrected chi connectivity index (χ4v) is 1.81. The molecule has 0 saturated carbocycles. The third kappa shape index (κ3) is 1.83. The van der Waals surface area contributed by atoms with Crippen molar-refractivity contribution in [2.24, 2.45) is 0 Å². The molecule has 0 amide bonds. The van der Waals surface area contributed by atoms with E-state index in [1.165, 1.54) is 0 Å². The van der Waals surface area contributed by atoms with Crippen molar-refractivity contribution in [3.63, 3.8) is 0 Å². The molecular formula is C11H12ClN3. The fraction of sp³-hybridized carbons (Fsp3) is 0.182. The van der Waals surface area contributed by atoms with Gasteiger partial charge in [-0.2, -0.15) is 5.10 Å². The van der Waals surface area contributed by atoms with Gasteiger partial charge in [-0.05, 0) is 18.6 Å². The summed E-state index contributed by atoms with van der Waals surface area (Å²) in [6.45, 7) is 2.05. The molecule has 0 aliphatic carbocycles. The summed E-state index contributed by atoms with van der Waals surface area (Å²) in [5.74, 6) is 0.562. The number of nitrogens with one attached hydrogen (secondary N) is 1. The zero-order valence-electron chi connectivity index (χ0n) is 8.42. The molecule has 0 spiro atoms. The standard InChI is InChI=1S/C11H12ClN3/c1-2-9-10(14-15-11(9)13)7-4-3-5-8(12)6-7/h3-6H,2H2,1H3,(H3,13,14,15). The first-order valence-electron chi connectivity index (χ1n) is 4.81. The van der Waals surface area contributed by atoms with Gasteiger partial charge in [0, 0.05) is 16.1 Å². The summed E-state index contributed by atoms with van der Waals surface area (Å²) >= 11 is 5.93. The quantitative estimate of drug-likeness (QED) is 0.820. The number of H-pyrrole nitrogens is 1. The number of benzene rings is 1. The number of hydrogen-bond donors (Lipinski definition) is 2. The van der Waals surface area contributed by atoms with E-state index in [9.17, 15) is 0 Å². The lowest BCUT2D eigenvalue weighted by molar-refractivity contribution is 1.10. The summed E-state index contributed by atoms with van der Waals surface area (Å²) in [6, 6.07) is 7.64. The van der Waals surface area contributed by atoms with Crippen LogP contribution in [-0.4, -0.2) is 10.2 Å². The van der Waals surface area contributed by atoms with Crippen molar-refractivity contribution in [3.05, 3.63) is 34.9 Å². The Bertz CT molecular complexity index is 476. The van der Waals surface area contributed by atoms with Crippen molar-refractivity contribution in [2.45, 2.75) is 13.3 Å². The van der Waals surface area contributed by atoms with E-state index in [1.54, 1.807) is 0 Å². The molecule has 2 aromatic rings. The van der Waals surface area contributed by atoms with Crippen LogP contribution >= 0.6 is 11.6 Å². The normalized spacial score (nSPS) is 10.5. The Morgan fingerprint density at radius 1 is 1.47 bits per heavy atom. The molecule has 3 N–H and O–H groups in total. The molecule has 15 heavy (non-hydrogen) atoms. The van der Waals surface area contributed by atoms with Gasteiger partial charge in [-0.25, -0.2) is 0 Å². The molecule has 0 bridgehead atoms. The Kier molecular flexibility index (Phi) is 2.64. The van der Waals surface area contributed by atoms with Gasteiger partial charge < -0.3 is 5.73 Å². The van der Waals surface area contributed by atoms with Crippen molar-refractivity contribution < 1.29 is 0 Å². The molecule has 78 valence electrons. The van der Waals surface area contributed by atoms with E-state index in [4.69, 9.17) is 17.3 Å². The summed E-state index contributed by atoms with van der Waals surface area (Å²) in [7, 11) is 0. The minimum absolute atomic E-state index is 0.562. The van der Waals surface area contributed by atoms with E-state index in [1.807, 2.05) is 24.3 Å². The third-order valence-corrected chi connectivity index (χ3v) is 2.60. The molecule has 0 fully saturated rings. The fourth-order valence-electron chi connectivity index (χ4n) is 1.62. The number of aromatic amines is 1. The minimum atomic E-state index is 0.562. The first kappa shape index (κ1) is 10.1. The molecule has 0 saturated heterocycles. The number of rotatable bonds is 2. The number of anilines is 1. The lowest BCUT2D eigenvalue weighted by Crippen LogP contribution is -1.90. The zero-order valence-corrected chi connectivity index (χ0v) is 9.17. The maximum atomic E-state index is 5.93. The Hall–Kier alpha value is -1.48. The number of halogens is 1. The van der Waals surface area contributed by atoms with Gasteiger partial charge in [0.15, 0.2) is 0 Å². The number of nitrogens with zero attached hydrogens (tertiary/aromatic N) is 1. The van der Waals surface area contributed by atoms with Gasteiger partial charge in [-0.15, -0.1) is 0 Å². The highest BCUT2D eigenvalue weighted by Crippen LogP contribution is 2.27. The third-order valence-electron chi connectivity index (χ3n) is 2.37. The van der Waals surface area contributed by atoms with Crippen molar-refractivity contribution in [1.82, 2.24) is 10.2 Å². The number of aromatic nitrogens is 2. The second-order valence-corrected chi connectivity index (χ2v) is 3.76. The minimum Gasteiger partial charge on any atom is -0.382 e. The van der Waals surface area contributed by atoms with E-state index in [-0.39, 0.29) is 0 Å². The molecule has 0 atom stereocenters. The number of nitrogens with two attached hydrogens (primary N) is 1. The Labute approximate surface area is 93.3 Å². The molecule has 3 nitrogen and oxygen atoms in total. The second-order valence-electron chi connectivity index (χ2n) is 3.33. The second kappa shape index (κ2) is 3.95. The van der Waals surface area contributed by atoms with Crippen LogP contribution in [0.4, 0.5) is 5.82 Å². The largest absolute Gasteiger partial charge is 0.382 e. The van der Waals surface area contributed by atoms with Gasteiger partial charge in [0.2, 0.25) is 0 Å². The predicted octanol–water partition coefficient (Wildman–Crippen LogP) is 2.87. The van der Waals surface area contributed by atoms with Crippen LogP contribution in [0.1, 0.15) is 12.5 Å². The molecule has 1 aromatic heterocycles. The molecule has 0 aliphatic heterocycles. The van der Waals surface area contributed by atoms with Gasteiger partial charge >= 0.3 is 0 Å². The zero-order chi connectivity index (χ0) is 10.8. The highest BCUT2D eigenvalue weighted by atomic mass is 35.5. The first-order valence-corrected chi connectivity index (χ1v) is 5.18. The summed E-state index contributed by atoms with van der Waals surface area (Å²) in [6.07, 6.45) is 0.851. The van der Waals surface area contributed by atoms with E-state index >= 15 is 0 Å². The highest BCUT2D eigenvalue weighted by Gasteiger charge is 2.10. The maximum Gasteiger partial charge on any atom is 0.149 e. The van der Waals surface area contributed by atoms with Gasteiger partial charge in [-0.3, -0.25) is 5.10 Å². The van der Waals surface area contributed by atoms with Crippen molar-refractivity contribution in [3.8, 4) is 11.3 Å². The van der Waals surface area contributed by atoms with Gasteiger partial charge in [0.05, 0.1) is 5.69 Å². The summed E-state index contributed by atoms with van der Waals surface area (Å²) in [5, 5.41) is 7.65. The number of hydrogen-bond acceptors (Lipinski definition) is 2. The summed E-state index contributed by atoms with van der Waals surface area (Å²) in [4.78, 5) is 0. The predicted molar refractivity (Wildman–Crippen MR) is 62.8 cm³/mol. The molecule has 2 rings (SSSR count). The van der Waals surface area contributed by atoms with E-state index in [2.05, 4.69) is 17.1 Å². The van der Waals surface area contributed by atoms with Crippen LogP contribution < -0.4 is 5.73 Å². The van der Waals surface area contributed by atoms with Crippen LogP contribution in [-0.2, 0) is 6.42 Å². The summed E-state index contributed by atoms with van der Waals surface area (Å²) in [5.41, 5.74) is 8.76. The smallest absolute Gasteiger partial charge is 0.149 e. The SMILES string of the molecule is CCc1c(N)n[nH]c1-c1cccc(Cl)c1. The molecule has 0 aliphatic rings. The van der Waals surface area contributed by atoms with Crippen molar-refractivity contribution >= 4 is 17.4 Å². The van der Waals surface area contributed by atoms with Gasteiger partial charge in [0.1, 0.15) is 5.82 Å².